The molecule has 1 fully saturated rings. The third-order valence-corrected chi connectivity index (χ3v) is 4.25. The van der Waals surface area contributed by atoms with Crippen molar-refractivity contribution in [3.63, 3.8) is 0 Å². The number of nitrogens with zero attached hydrogens (tertiary/aromatic N) is 2. The fraction of sp³-hybridized carbons (Fsp3) is 0.500. The summed E-state index contributed by atoms with van der Waals surface area (Å²) < 4.78 is 11.5. The number of ether oxygens (including phenoxy) is 1. The molecule has 1 aromatic carbocycles. The molecule has 0 spiro atoms. The number of fused-ring (bicyclic) bond motifs is 1. The summed E-state index contributed by atoms with van der Waals surface area (Å²) in [5, 5.41) is 4.54. The van der Waals surface area contributed by atoms with Gasteiger partial charge in [0.15, 0.2) is 5.96 Å². The third-order valence-electron chi connectivity index (χ3n) is 4.25. The van der Waals surface area contributed by atoms with Crippen molar-refractivity contribution in [2.45, 2.75) is 32.4 Å². The van der Waals surface area contributed by atoms with Gasteiger partial charge in [-0.05, 0) is 31.9 Å². The fourth-order valence-corrected chi connectivity index (χ4v) is 3.09. The van der Waals surface area contributed by atoms with Crippen LogP contribution in [-0.2, 0) is 11.3 Å². The van der Waals surface area contributed by atoms with E-state index in [1.807, 2.05) is 25.2 Å². The van der Waals surface area contributed by atoms with Crippen LogP contribution in [0.2, 0.25) is 0 Å². The van der Waals surface area contributed by atoms with Crippen molar-refractivity contribution >= 4 is 16.9 Å². The van der Waals surface area contributed by atoms with Crippen LogP contribution in [0.3, 0.4) is 0 Å². The zero-order valence-electron chi connectivity index (χ0n) is 13.9. The standard InChI is InChI=1S/C18H25N3O2/c1-3-22-15-8-10-21(11-9-15)18(19-2)20-13-16-12-14-6-4-5-7-17(14)23-16/h4-7,12,15H,3,8-11,13H2,1-2H3,(H,19,20). The van der Waals surface area contributed by atoms with Gasteiger partial charge in [-0.3, -0.25) is 4.99 Å². The number of hydrogen-bond acceptors (Lipinski definition) is 3. The minimum Gasteiger partial charge on any atom is -0.459 e. The molecule has 0 bridgehead atoms. The number of piperidine rings is 1. The predicted octanol–water partition coefficient (Wildman–Crippen LogP) is 3.01. The Labute approximate surface area is 137 Å². The summed E-state index contributed by atoms with van der Waals surface area (Å²) in [4.78, 5) is 6.69. The maximum absolute atomic E-state index is 5.84. The summed E-state index contributed by atoms with van der Waals surface area (Å²) >= 11 is 0. The van der Waals surface area contributed by atoms with Crippen molar-refractivity contribution in [3.8, 4) is 0 Å². The van der Waals surface area contributed by atoms with E-state index in [2.05, 4.69) is 34.3 Å². The number of hydrogen-bond donors (Lipinski definition) is 1. The number of likely N-dealkylation sites (tertiary alicyclic amines) is 1. The van der Waals surface area contributed by atoms with E-state index in [0.29, 0.717) is 12.6 Å². The first-order valence-electron chi connectivity index (χ1n) is 8.34. The van der Waals surface area contributed by atoms with Crippen molar-refractivity contribution in [1.82, 2.24) is 10.2 Å². The van der Waals surface area contributed by atoms with Gasteiger partial charge in [0, 0.05) is 32.1 Å². The highest BCUT2D eigenvalue weighted by molar-refractivity contribution is 5.80. The second-order valence-corrected chi connectivity index (χ2v) is 5.79. The molecule has 124 valence electrons. The molecule has 1 saturated heterocycles. The number of furan rings is 1. The van der Waals surface area contributed by atoms with E-state index in [1.54, 1.807) is 0 Å². The number of aliphatic imine (C=N–C) groups is 1. The minimum absolute atomic E-state index is 0.393. The predicted molar refractivity (Wildman–Crippen MR) is 92.6 cm³/mol. The lowest BCUT2D eigenvalue weighted by atomic mass is 10.1. The zero-order valence-corrected chi connectivity index (χ0v) is 13.9. The van der Waals surface area contributed by atoms with E-state index >= 15 is 0 Å². The van der Waals surface area contributed by atoms with Crippen molar-refractivity contribution < 1.29 is 9.15 Å². The maximum Gasteiger partial charge on any atom is 0.194 e. The molecule has 0 saturated carbocycles. The van der Waals surface area contributed by atoms with Crippen LogP contribution in [0.5, 0.6) is 0 Å². The Balaban J connectivity index is 1.56. The Bertz CT molecular complexity index is 624. The SMILES string of the molecule is CCOC1CCN(C(=NC)NCc2cc3ccccc3o2)CC1. The van der Waals surface area contributed by atoms with Gasteiger partial charge in [0.05, 0.1) is 12.6 Å². The van der Waals surface area contributed by atoms with Crippen LogP contribution in [0.15, 0.2) is 39.7 Å². The van der Waals surface area contributed by atoms with E-state index in [9.17, 15) is 0 Å². The summed E-state index contributed by atoms with van der Waals surface area (Å²) in [6.45, 7) is 5.45. The molecular weight excluding hydrogens is 290 g/mol. The molecule has 2 aromatic rings. The molecule has 5 heteroatoms. The average molecular weight is 315 g/mol. The Kier molecular flexibility index (Phi) is 5.18. The average Bonchev–Trinajstić information content (AvgIpc) is 3.00. The van der Waals surface area contributed by atoms with Gasteiger partial charge < -0.3 is 19.4 Å². The van der Waals surface area contributed by atoms with Crippen molar-refractivity contribution in [1.29, 1.82) is 0 Å². The second kappa shape index (κ2) is 7.51. The van der Waals surface area contributed by atoms with E-state index in [4.69, 9.17) is 9.15 Å². The lowest BCUT2D eigenvalue weighted by Gasteiger charge is -2.33. The monoisotopic (exact) mass is 315 g/mol. The number of rotatable bonds is 4. The zero-order chi connectivity index (χ0) is 16.1. The first-order valence-corrected chi connectivity index (χ1v) is 8.34. The normalized spacial score (nSPS) is 17.0. The largest absolute Gasteiger partial charge is 0.459 e. The molecule has 1 aliphatic rings. The smallest absolute Gasteiger partial charge is 0.194 e. The van der Waals surface area contributed by atoms with Crippen LogP contribution in [0, 0.1) is 0 Å². The van der Waals surface area contributed by atoms with E-state index in [-0.39, 0.29) is 0 Å². The molecular formula is C18H25N3O2. The molecule has 5 nitrogen and oxygen atoms in total. The molecule has 0 unspecified atom stereocenters. The lowest BCUT2D eigenvalue weighted by molar-refractivity contribution is 0.0263. The van der Waals surface area contributed by atoms with Gasteiger partial charge in [-0.2, -0.15) is 0 Å². The lowest BCUT2D eigenvalue weighted by Crippen LogP contribution is -2.46. The highest BCUT2D eigenvalue weighted by Gasteiger charge is 2.21. The van der Waals surface area contributed by atoms with Gasteiger partial charge in [-0.15, -0.1) is 0 Å². The Hall–Kier alpha value is -2.01. The first-order chi connectivity index (χ1) is 11.3. The molecule has 2 heterocycles. The highest BCUT2D eigenvalue weighted by atomic mass is 16.5. The van der Waals surface area contributed by atoms with Crippen LogP contribution in [0.25, 0.3) is 11.0 Å². The molecule has 0 aliphatic carbocycles. The quantitative estimate of drug-likeness (QED) is 0.696. The Morgan fingerprint density at radius 1 is 1.35 bits per heavy atom. The number of nitrogens with one attached hydrogen (secondary N) is 1. The highest BCUT2D eigenvalue weighted by Crippen LogP contribution is 2.19. The third kappa shape index (κ3) is 3.85. The second-order valence-electron chi connectivity index (χ2n) is 5.79. The van der Waals surface area contributed by atoms with Gasteiger partial charge in [0.2, 0.25) is 0 Å². The summed E-state index contributed by atoms with van der Waals surface area (Å²) in [5.41, 5.74) is 0.928. The van der Waals surface area contributed by atoms with Gasteiger partial charge in [0.1, 0.15) is 11.3 Å². The fourth-order valence-electron chi connectivity index (χ4n) is 3.09. The van der Waals surface area contributed by atoms with E-state index < -0.39 is 0 Å². The van der Waals surface area contributed by atoms with Crippen molar-refractivity contribution in [3.05, 3.63) is 36.1 Å². The van der Waals surface area contributed by atoms with Crippen molar-refractivity contribution in [2.24, 2.45) is 4.99 Å². The van der Waals surface area contributed by atoms with E-state index in [1.165, 1.54) is 0 Å². The molecule has 0 radical (unpaired) electrons. The molecule has 1 aliphatic heterocycles. The molecule has 3 rings (SSSR count). The first kappa shape index (κ1) is 15.9. The number of guanidine groups is 1. The van der Waals surface area contributed by atoms with Crippen LogP contribution < -0.4 is 5.32 Å². The molecule has 23 heavy (non-hydrogen) atoms. The van der Waals surface area contributed by atoms with Gasteiger partial charge in [-0.25, -0.2) is 0 Å². The minimum atomic E-state index is 0.393. The molecule has 1 N–H and O–H groups in total. The summed E-state index contributed by atoms with van der Waals surface area (Å²) in [7, 11) is 1.83. The Morgan fingerprint density at radius 2 is 2.13 bits per heavy atom. The summed E-state index contributed by atoms with van der Waals surface area (Å²) in [5.74, 6) is 1.86. The summed E-state index contributed by atoms with van der Waals surface area (Å²) in [6.07, 6.45) is 2.50. The topological polar surface area (TPSA) is 50.0 Å². The molecule has 0 amide bonds. The number of para-hydroxylation sites is 1. The van der Waals surface area contributed by atoms with E-state index in [0.717, 1.165) is 55.2 Å². The summed E-state index contributed by atoms with van der Waals surface area (Å²) in [6, 6.07) is 10.2. The molecule has 1 aromatic heterocycles. The van der Waals surface area contributed by atoms with Crippen LogP contribution in [-0.4, -0.2) is 43.7 Å². The van der Waals surface area contributed by atoms with Crippen LogP contribution in [0.1, 0.15) is 25.5 Å². The van der Waals surface area contributed by atoms with Crippen LogP contribution >= 0.6 is 0 Å². The van der Waals surface area contributed by atoms with Gasteiger partial charge in [-0.1, -0.05) is 18.2 Å². The molecule has 0 atom stereocenters. The van der Waals surface area contributed by atoms with Crippen molar-refractivity contribution in [2.75, 3.05) is 26.7 Å². The van der Waals surface area contributed by atoms with Crippen LogP contribution in [0.4, 0.5) is 0 Å². The van der Waals surface area contributed by atoms with Gasteiger partial charge in [0.25, 0.3) is 0 Å². The number of benzene rings is 1. The maximum atomic E-state index is 5.84. The van der Waals surface area contributed by atoms with Gasteiger partial charge >= 0.3 is 0 Å². The Morgan fingerprint density at radius 3 is 2.83 bits per heavy atom.